The standard InChI is InChI=1S/C21H20F3N5O/c1-15-12-26-29(14-15)18-5-2-16(3-6-18)20(30)28-10-8-27(9-11-28)19-7-4-17(13-25-19)21(22,23)24/h2-7,12-14H,8-11H2,1H3. The van der Waals surface area contributed by atoms with Crippen LogP contribution in [0.5, 0.6) is 0 Å². The molecule has 3 aromatic rings. The number of alkyl halides is 3. The van der Waals surface area contributed by atoms with E-state index in [4.69, 9.17) is 0 Å². The zero-order valence-corrected chi connectivity index (χ0v) is 16.3. The van der Waals surface area contributed by atoms with Gasteiger partial charge in [-0.05, 0) is 48.9 Å². The lowest BCUT2D eigenvalue weighted by molar-refractivity contribution is -0.137. The first-order valence-corrected chi connectivity index (χ1v) is 9.50. The van der Waals surface area contributed by atoms with Crippen LogP contribution in [0.4, 0.5) is 19.0 Å². The Morgan fingerprint density at radius 3 is 2.20 bits per heavy atom. The molecule has 0 aliphatic carbocycles. The summed E-state index contributed by atoms with van der Waals surface area (Å²) in [4.78, 5) is 20.4. The highest BCUT2D eigenvalue weighted by molar-refractivity contribution is 5.94. The molecule has 0 radical (unpaired) electrons. The molecule has 0 spiro atoms. The van der Waals surface area contributed by atoms with Gasteiger partial charge in [-0.25, -0.2) is 9.67 Å². The summed E-state index contributed by atoms with van der Waals surface area (Å²) >= 11 is 0. The Kier molecular flexibility index (Phi) is 5.19. The minimum Gasteiger partial charge on any atom is -0.353 e. The van der Waals surface area contributed by atoms with Crippen molar-refractivity contribution < 1.29 is 18.0 Å². The first-order valence-electron chi connectivity index (χ1n) is 9.50. The van der Waals surface area contributed by atoms with Crippen LogP contribution in [0.25, 0.3) is 5.69 Å². The number of halogens is 3. The van der Waals surface area contributed by atoms with Crippen LogP contribution in [-0.2, 0) is 6.18 Å². The Balaban J connectivity index is 1.37. The molecule has 156 valence electrons. The Bertz CT molecular complexity index is 1020. The number of benzene rings is 1. The second-order valence-electron chi connectivity index (χ2n) is 7.19. The van der Waals surface area contributed by atoms with Gasteiger partial charge in [0.25, 0.3) is 5.91 Å². The van der Waals surface area contributed by atoms with Crippen molar-refractivity contribution in [2.75, 3.05) is 31.1 Å². The lowest BCUT2D eigenvalue weighted by Gasteiger charge is -2.35. The maximum atomic E-state index is 12.8. The Morgan fingerprint density at radius 1 is 0.967 bits per heavy atom. The van der Waals surface area contributed by atoms with Gasteiger partial charge in [0, 0.05) is 44.1 Å². The highest BCUT2D eigenvalue weighted by Crippen LogP contribution is 2.29. The summed E-state index contributed by atoms with van der Waals surface area (Å²) in [7, 11) is 0. The quantitative estimate of drug-likeness (QED) is 0.657. The summed E-state index contributed by atoms with van der Waals surface area (Å²) in [6.07, 6.45) is 0.118. The average Bonchev–Trinajstić information content (AvgIpc) is 3.19. The van der Waals surface area contributed by atoms with E-state index in [1.807, 2.05) is 30.2 Å². The van der Waals surface area contributed by atoms with E-state index in [9.17, 15) is 18.0 Å². The molecule has 0 bridgehead atoms. The van der Waals surface area contributed by atoms with Crippen LogP contribution in [0.1, 0.15) is 21.5 Å². The molecule has 1 aromatic carbocycles. The molecule has 0 unspecified atom stereocenters. The maximum Gasteiger partial charge on any atom is 0.417 e. The summed E-state index contributed by atoms with van der Waals surface area (Å²) in [5.74, 6) is 0.409. The number of rotatable bonds is 3. The van der Waals surface area contributed by atoms with Gasteiger partial charge in [0.15, 0.2) is 0 Å². The second kappa shape index (κ2) is 7.81. The fraction of sp³-hybridized carbons (Fsp3) is 0.286. The lowest BCUT2D eigenvalue weighted by Crippen LogP contribution is -2.49. The molecule has 30 heavy (non-hydrogen) atoms. The fourth-order valence-electron chi connectivity index (χ4n) is 3.37. The molecule has 1 saturated heterocycles. The molecular weight excluding hydrogens is 395 g/mol. The number of aromatic nitrogens is 3. The number of nitrogens with zero attached hydrogens (tertiary/aromatic N) is 5. The van der Waals surface area contributed by atoms with Crippen molar-refractivity contribution in [3.8, 4) is 5.69 Å². The van der Waals surface area contributed by atoms with E-state index in [0.717, 1.165) is 23.5 Å². The number of piperazine rings is 1. The van der Waals surface area contributed by atoms with E-state index in [2.05, 4.69) is 10.1 Å². The molecule has 0 atom stereocenters. The third kappa shape index (κ3) is 4.14. The number of pyridine rings is 1. The van der Waals surface area contributed by atoms with Gasteiger partial charge in [0.2, 0.25) is 0 Å². The second-order valence-corrected chi connectivity index (χ2v) is 7.19. The predicted molar refractivity (Wildman–Crippen MR) is 106 cm³/mol. The number of amides is 1. The van der Waals surface area contributed by atoms with Crippen LogP contribution in [0, 0.1) is 6.92 Å². The summed E-state index contributed by atoms with van der Waals surface area (Å²) < 4.78 is 39.8. The van der Waals surface area contributed by atoms with Crippen LogP contribution in [-0.4, -0.2) is 51.8 Å². The van der Waals surface area contributed by atoms with Crippen LogP contribution >= 0.6 is 0 Å². The van der Waals surface area contributed by atoms with Gasteiger partial charge in [0.1, 0.15) is 5.82 Å². The largest absolute Gasteiger partial charge is 0.417 e. The van der Waals surface area contributed by atoms with Crippen molar-refractivity contribution in [3.05, 3.63) is 71.7 Å². The highest BCUT2D eigenvalue weighted by Gasteiger charge is 2.31. The van der Waals surface area contributed by atoms with Gasteiger partial charge < -0.3 is 9.80 Å². The normalized spacial score (nSPS) is 14.8. The van der Waals surface area contributed by atoms with Gasteiger partial charge in [-0.1, -0.05) is 0 Å². The summed E-state index contributed by atoms with van der Waals surface area (Å²) in [6, 6.07) is 9.65. The number of carbonyl (C=O) groups is 1. The monoisotopic (exact) mass is 415 g/mol. The number of anilines is 1. The molecule has 4 rings (SSSR count). The lowest BCUT2D eigenvalue weighted by atomic mass is 10.1. The molecule has 6 nitrogen and oxygen atoms in total. The van der Waals surface area contributed by atoms with Crippen molar-refractivity contribution in [1.82, 2.24) is 19.7 Å². The van der Waals surface area contributed by atoms with E-state index in [1.54, 1.807) is 27.9 Å². The van der Waals surface area contributed by atoms with Gasteiger partial charge in [-0.2, -0.15) is 18.3 Å². The van der Waals surface area contributed by atoms with Gasteiger partial charge in [-0.15, -0.1) is 0 Å². The minimum atomic E-state index is -4.40. The van der Waals surface area contributed by atoms with Gasteiger partial charge >= 0.3 is 6.18 Å². The molecule has 1 fully saturated rings. The topological polar surface area (TPSA) is 54.3 Å². The van der Waals surface area contributed by atoms with Gasteiger partial charge in [0.05, 0.1) is 17.4 Å². The third-order valence-electron chi connectivity index (χ3n) is 5.06. The van der Waals surface area contributed by atoms with Crippen LogP contribution < -0.4 is 4.90 Å². The number of aryl methyl sites for hydroxylation is 1. The van der Waals surface area contributed by atoms with Crippen molar-refractivity contribution in [1.29, 1.82) is 0 Å². The van der Waals surface area contributed by atoms with Crippen LogP contribution in [0.3, 0.4) is 0 Å². The molecule has 3 heterocycles. The van der Waals surface area contributed by atoms with Crippen molar-refractivity contribution >= 4 is 11.7 Å². The Morgan fingerprint density at radius 2 is 1.67 bits per heavy atom. The molecule has 0 N–H and O–H groups in total. The number of hydrogen-bond donors (Lipinski definition) is 0. The molecule has 1 amide bonds. The first-order chi connectivity index (χ1) is 14.3. The van der Waals surface area contributed by atoms with E-state index in [-0.39, 0.29) is 5.91 Å². The molecular formula is C21H20F3N5O. The highest BCUT2D eigenvalue weighted by atomic mass is 19.4. The van der Waals surface area contributed by atoms with E-state index < -0.39 is 11.7 Å². The predicted octanol–water partition coefficient (Wildman–Crippen LogP) is 3.56. The summed E-state index contributed by atoms with van der Waals surface area (Å²) in [5.41, 5.74) is 1.74. The van der Waals surface area contributed by atoms with E-state index >= 15 is 0 Å². The molecule has 2 aromatic heterocycles. The zero-order valence-electron chi connectivity index (χ0n) is 16.3. The molecule has 1 aliphatic rings. The average molecular weight is 415 g/mol. The minimum absolute atomic E-state index is 0.0711. The number of hydrogen-bond acceptors (Lipinski definition) is 4. The van der Waals surface area contributed by atoms with E-state index in [1.165, 1.54) is 6.07 Å². The Labute approximate surface area is 171 Å². The molecule has 0 saturated carbocycles. The zero-order chi connectivity index (χ0) is 21.3. The van der Waals surface area contributed by atoms with Crippen LogP contribution in [0.2, 0.25) is 0 Å². The SMILES string of the molecule is Cc1cnn(-c2ccc(C(=O)N3CCN(c4ccc(C(F)(F)F)cn4)CC3)cc2)c1. The van der Waals surface area contributed by atoms with E-state index in [0.29, 0.717) is 37.6 Å². The summed E-state index contributed by atoms with van der Waals surface area (Å²) in [6.45, 7) is 3.92. The smallest absolute Gasteiger partial charge is 0.353 e. The first kappa shape index (κ1) is 19.9. The summed E-state index contributed by atoms with van der Waals surface area (Å²) in [5, 5.41) is 4.25. The Hall–Kier alpha value is -3.36. The van der Waals surface area contributed by atoms with Crippen molar-refractivity contribution in [2.45, 2.75) is 13.1 Å². The van der Waals surface area contributed by atoms with Crippen molar-refractivity contribution in [2.24, 2.45) is 0 Å². The molecule has 1 aliphatic heterocycles. The number of carbonyl (C=O) groups excluding carboxylic acids is 1. The van der Waals surface area contributed by atoms with Crippen molar-refractivity contribution in [3.63, 3.8) is 0 Å². The van der Waals surface area contributed by atoms with Gasteiger partial charge in [-0.3, -0.25) is 4.79 Å². The third-order valence-corrected chi connectivity index (χ3v) is 5.06. The maximum absolute atomic E-state index is 12.8. The molecule has 9 heteroatoms. The fourth-order valence-corrected chi connectivity index (χ4v) is 3.37. The van der Waals surface area contributed by atoms with Crippen LogP contribution in [0.15, 0.2) is 55.0 Å².